The Bertz CT molecular complexity index is 389. The fraction of sp³-hybridized carbons (Fsp3) is 0.500. The molecule has 1 saturated heterocycles. The Labute approximate surface area is 99.8 Å². The SMILES string of the molecule is O=C(O)c1cc(NCCC2CCOC2)ccn1. The van der Waals surface area contributed by atoms with Crippen molar-refractivity contribution in [2.75, 3.05) is 25.1 Å². The Morgan fingerprint density at radius 3 is 3.24 bits per heavy atom. The summed E-state index contributed by atoms with van der Waals surface area (Å²) in [6, 6.07) is 3.32. The molecule has 0 saturated carbocycles. The van der Waals surface area contributed by atoms with E-state index in [9.17, 15) is 4.79 Å². The zero-order valence-electron chi connectivity index (χ0n) is 9.56. The predicted octanol–water partition coefficient (Wildman–Crippen LogP) is 1.62. The molecule has 2 heterocycles. The summed E-state index contributed by atoms with van der Waals surface area (Å²) in [5.74, 6) is -0.374. The van der Waals surface area contributed by atoms with E-state index >= 15 is 0 Å². The van der Waals surface area contributed by atoms with Crippen LogP contribution < -0.4 is 5.32 Å². The maximum absolute atomic E-state index is 10.7. The van der Waals surface area contributed by atoms with E-state index in [0.717, 1.165) is 38.3 Å². The molecule has 5 nitrogen and oxygen atoms in total. The first-order valence-corrected chi connectivity index (χ1v) is 5.76. The third kappa shape index (κ3) is 3.42. The van der Waals surface area contributed by atoms with E-state index < -0.39 is 5.97 Å². The number of nitrogens with one attached hydrogen (secondary N) is 1. The normalized spacial score (nSPS) is 19.2. The van der Waals surface area contributed by atoms with Crippen molar-refractivity contribution < 1.29 is 14.6 Å². The van der Waals surface area contributed by atoms with Gasteiger partial charge in [-0.15, -0.1) is 0 Å². The lowest BCUT2D eigenvalue weighted by molar-refractivity contribution is 0.0690. The molecule has 0 spiro atoms. The Kier molecular flexibility index (Phi) is 3.93. The minimum atomic E-state index is -1.00. The molecule has 5 heteroatoms. The maximum Gasteiger partial charge on any atom is 0.354 e. The maximum atomic E-state index is 10.7. The molecule has 1 aliphatic rings. The number of aromatic nitrogens is 1. The summed E-state index contributed by atoms with van der Waals surface area (Å²) in [4.78, 5) is 14.5. The van der Waals surface area contributed by atoms with Crippen molar-refractivity contribution in [3.63, 3.8) is 0 Å². The molecular weight excluding hydrogens is 220 g/mol. The van der Waals surface area contributed by atoms with Gasteiger partial charge in [-0.3, -0.25) is 0 Å². The molecule has 0 aliphatic carbocycles. The number of pyridine rings is 1. The smallest absolute Gasteiger partial charge is 0.354 e. The third-order valence-corrected chi connectivity index (χ3v) is 2.88. The van der Waals surface area contributed by atoms with Gasteiger partial charge in [0.05, 0.1) is 0 Å². The molecule has 0 radical (unpaired) electrons. The summed E-state index contributed by atoms with van der Waals surface area (Å²) in [7, 11) is 0. The minimum absolute atomic E-state index is 0.0687. The number of hydrogen-bond donors (Lipinski definition) is 2. The molecule has 1 unspecified atom stereocenters. The first-order chi connectivity index (χ1) is 8.25. The zero-order chi connectivity index (χ0) is 12.1. The second-order valence-corrected chi connectivity index (χ2v) is 4.18. The molecule has 0 aromatic carbocycles. The van der Waals surface area contributed by atoms with Crippen LogP contribution in [0.1, 0.15) is 23.3 Å². The van der Waals surface area contributed by atoms with Crippen LogP contribution in [-0.4, -0.2) is 35.8 Å². The van der Waals surface area contributed by atoms with Gasteiger partial charge in [-0.2, -0.15) is 0 Å². The van der Waals surface area contributed by atoms with E-state index in [1.54, 1.807) is 12.1 Å². The van der Waals surface area contributed by atoms with Crippen LogP contribution in [0.15, 0.2) is 18.3 Å². The number of nitrogens with zero attached hydrogens (tertiary/aromatic N) is 1. The number of carbonyl (C=O) groups is 1. The number of carboxylic acid groups (broad SMARTS) is 1. The van der Waals surface area contributed by atoms with Crippen LogP contribution in [0.25, 0.3) is 0 Å². The first-order valence-electron chi connectivity index (χ1n) is 5.76. The monoisotopic (exact) mass is 236 g/mol. The van der Waals surface area contributed by atoms with E-state index in [1.807, 2.05) is 0 Å². The number of carboxylic acids is 1. The molecule has 0 amide bonds. The van der Waals surface area contributed by atoms with Gasteiger partial charge in [-0.1, -0.05) is 0 Å². The molecule has 2 N–H and O–H groups in total. The van der Waals surface area contributed by atoms with Crippen molar-refractivity contribution in [1.82, 2.24) is 4.98 Å². The van der Waals surface area contributed by atoms with Gasteiger partial charge in [0, 0.05) is 31.6 Å². The van der Waals surface area contributed by atoms with Gasteiger partial charge in [0.15, 0.2) is 0 Å². The Balaban J connectivity index is 1.81. The number of rotatable bonds is 5. The van der Waals surface area contributed by atoms with Crippen LogP contribution in [0.2, 0.25) is 0 Å². The Hall–Kier alpha value is -1.62. The number of ether oxygens (including phenoxy) is 1. The minimum Gasteiger partial charge on any atom is -0.477 e. The molecule has 17 heavy (non-hydrogen) atoms. The van der Waals surface area contributed by atoms with Gasteiger partial charge in [0.1, 0.15) is 5.69 Å². The molecule has 1 atom stereocenters. The van der Waals surface area contributed by atoms with Gasteiger partial charge in [0.25, 0.3) is 0 Å². The highest BCUT2D eigenvalue weighted by Crippen LogP contribution is 2.16. The summed E-state index contributed by atoms with van der Waals surface area (Å²) in [6.45, 7) is 2.54. The van der Waals surface area contributed by atoms with Crippen LogP contribution in [0.5, 0.6) is 0 Å². The van der Waals surface area contributed by atoms with E-state index in [0.29, 0.717) is 5.92 Å². The summed E-state index contributed by atoms with van der Waals surface area (Å²) in [5, 5.41) is 12.0. The number of anilines is 1. The van der Waals surface area contributed by atoms with Crippen molar-refractivity contribution in [3.8, 4) is 0 Å². The summed E-state index contributed by atoms with van der Waals surface area (Å²) in [6.07, 6.45) is 3.67. The largest absolute Gasteiger partial charge is 0.477 e. The van der Waals surface area contributed by atoms with Crippen molar-refractivity contribution in [2.24, 2.45) is 5.92 Å². The molecule has 92 valence electrons. The van der Waals surface area contributed by atoms with Gasteiger partial charge < -0.3 is 15.2 Å². The first kappa shape index (κ1) is 11.9. The lowest BCUT2D eigenvalue weighted by Gasteiger charge is -2.09. The lowest BCUT2D eigenvalue weighted by atomic mass is 10.1. The predicted molar refractivity (Wildman–Crippen MR) is 63.2 cm³/mol. The fourth-order valence-corrected chi connectivity index (χ4v) is 1.89. The van der Waals surface area contributed by atoms with E-state index in [1.165, 1.54) is 6.20 Å². The van der Waals surface area contributed by atoms with Crippen LogP contribution in [0.4, 0.5) is 5.69 Å². The summed E-state index contributed by atoms with van der Waals surface area (Å²) >= 11 is 0. The standard InChI is InChI=1S/C12H16N2O3/c15-12(16)11-7-10(2-5-14-11)13-4-1-9-3-6-17-8-9/h2,5,7,9H,1,3-4,6,8H2,(H,13,14)(H,15,16). The van der Waals surface area contributed by atoms with E-state index in [2.05, 4.69) is 10.3 Å². The van der Waals surface area contributed by atoms with Gasteiger partial charge in [-0.05, 0) is 30.9 Å². The Morgan fingerprint density at radius 1 is 1.65 bits per heavy atom. The van der Waals surface area contributed by atoms with Crippen molar-refractivity contribution in [3.05, 3.63) is 24.0 Å². The van der Waals surface area contributed by atoms with E-state index in [-0.39, 0.29) is 5.69 Å². The quantitative estimate of drug-likeness (QED) is 0.812. The van der Waals surface area contributed by atoms with Gasteiger partial charge >= 0.3 is 5.97 Å². The topological polar surface area (TPSA) is 71.5 Å². The highest BCUT2D eigenvalue weighted by molar-refractivity contribution is 5.86. The van der Waals surface area contributed by atoms with Crippen LogP contribution in [0.3, 0.4) is 0 Å². The molecular formula is C12H16N2O3. The van der Waals surface area contributed by atoms with Crippen molar-refractivity contribution in [1.29, 1.82) is 0 Å². The van der Waals surface area contributed by atoms with Gasteiger partial charge in [0.2, 0.25) is 0 Å². The fourth-order valence-electron chi connectivity index (χ4n) is 1.89. The average Bonchev–Trinajstić information content (AvgIpc) is 2.82. The van der Waals surface area contributed by atoms with Crippen molar-refractivity contribution in [2.45, 2.75) is 12.8 Å². The average molecular weight is 236 g/mol. The lowest BCUT2D eigenvalue weighted by Crippen LogP contribution is -2.10. The zero-order valence-corrected chi connectivity index (χ0v) is 9.56. The highest BCUT2D eigenvalue weighted by Gasteiger charge is 2.14. The summed E-state index contributed by atoms with van der Waals surface area (Å²) in [5.41, 5.74) is 0.871. The third-order valence-electron chi connectivity index (χ3n) is 2.88. The van der Waals surface area contributed by atoms with Crippen LogP contribution in [-0.2, 0) is 4.74 Å². The van der Waals surface area contributed by atoms with Crippen LogP contribution >= 0.6 is 0 Å². The van der Waals surface area contributed by atoms with E-state index in [4.69, 9.17) is 9.84 Å². The van der Waals surface area contributed by atoms with Crippen LogP contribution in [0, 0.1) is 5.92 Å². The molecule has 1 fully saturated rings. The Morgan fingerprint density at radius 2 is 2.53 bits per heavy atom. The second kappa shape index (κ2) is 5.63. The van der Waals surface area contributed by atoms with Gasteiger partial charge in [-0.25, -0.2) is 9.78 Å². The number of hydrogen-bond acceptors (Lipinski definition) is 4. The second-order valence-electron chi connectivity index (χ2n) is 4.18. The molecule has 0 bridgehead atoms. The van der Waals surface area contributed by atoms with Crippen molar-refractivity contribution >= 4 is 11.7 Å². The number of aromatic carboxylic acids is 1. The molecule has 1 aliphatic heterocycles. The summed E-state index contributed by atoms with van der Waals surface area (Å²) < 4.78 is 5.29. The molecule has 1 aromatic heterocycles. The highest BCUT2D eigenvalue weighted by atomic mass is 16.5. The molecule has 2 rings (SSSR count). The molecule has 1 aromatic rings.